The lowest BCUT2D eigenvalue weighted by Crippen LogP contribution is -2.20. The van der Waals surface area contributed by atoms with Gasteiger partial charge in [-0.15, -0.1) is 0 Å². The molecule has 1 aliphatic carbocycles. The molecule has 2 aromatic rings. The van der Waals surface area contributed by atoms with Gasteiger partial charge >= 0.3 is 0 Å². The Kier molecular flexibility index (Phi) is 1.84. The molecule has 1 aliphatic rings. The standard InChI is InChI=1S/C12H8N2O2/c15-11-7-3-1-5-13-9(7)10-8(12(11)16)4-2-6-14-10/h1-6,11,15H. The maximum absolute atomic E-state index is 11.9. The molecule has 0 amide bonds. The zero-order valence-corrected chi connectivity index (χ0v) is 8.29. The fraction of sp³-hybridized carbons (Fsp3) is 0.0833. The molecule has 2 heterocycles. The number of Topliss-reactive ketones (excluding diaryl/α,β-unsaturated/α-hetero) is 1. The highest BCUT2D eigenvalue weighted by atomic mass is 16.3. The van der Waals surface area contributed by atoms with E-state index in [9.17, 15) is 9.90 Å². The second-order valence-electron chi connectivity index (χ2n) is 3.61. The first kappa shape index (κ1) is 9.18. The van der Waals surface area contributed by atoms with Gasteiger partial charge in [0.25, 0.3) is 0 Å². The fourth-order valence-corrected chi connectivity index (χ4v) is 1.92. The number of aromatic nitrogens is 2. The molecule has 0 saturated carbocycles. The van der Waals surface area contributed by atoms with Gasteiger partial charge in [-0.2, -0.15) is 0 Å². The first-order valence-corrected chi connectivity index (χ1v) is 4.91. The normalized spacial score (nSPS) is 17.8. The SMILES string of the molecule is O=C1c2cccnc2-c2ncccc2C1O. The molecule has 4 heteroatoms. The van der Waals surface area contributed by atoms with E-state index in [1.165, 1.54) is 0 Å². The highest BCUT2D eigenvalue weighted by Gasteiger charge is 2.31. The molecule has 0 spiro atoms. The summed E-state index contributed by atoms with van der Waals surface area (Å²) in [7, 11) is 0. The van der Waals surface area contributed by atoms with E-state index in [-0.39, 0.29) is 5.78 Å². The number of pyridine rings is 2. The Morgan fingerprint density at radius 3 is 2.56 bits per heavy atom. The van der Waals surface area contributed by atoms with Gasteiger partial charge in [-0.05, 0) is 18.2 Å². The van der Waals surface area contributed by atoms with E-state index in [2.05, 4.69) is 9.97 Å². The fourth-order valence-electron chi connectivity index (χ4n) is 1.92. The predicted molar refractivity (Wildman–Crippen MR) is 56.8 cm³/mol. The Morgan fingerprint density at radius 1 is 1.06 bits per heavy atom. The van der Waals surface area contributed by atoms with Crippen LogP contribution in [-0.2, 0) is 0 Å². The second kappa shape index (κ2) is 3.21. The van der Waals surface area contributed by atoms with Crippen LogP contribution in [0.4, 0.5) is 0 Å². The van der Waals surface area contributed by atoms with E-state index in [1.807, 2.05) is 0 Å². The van der Waals surface area contributed by atoms with Crippen LogP contribution in [0.15, 0.2) is 36.7 Å². The Balaban J connectivity index is 2.37. The van der Waals surface area contributed by atoms with Crippen molar-refractivity contribution in [2.24, 2.45) is 0 Å². The van der Waals surface area contributed by atoms with E-state index < -0.39 is 6.10 Å². The summed E-state index contributed by atoms with van der Waals surface area (Å²) in [5, 5.41) is 9.86. The van der Waals surface area contributed by atoms with Crippen molar-refractivity contribution >= 4 is 5.78 Å². The van der Waals surface area contributed by atoms with Crippen molar-refractivity contribution in [1.29, 1.82) is 0 Å². The monoisotopic (exact) mass is 212 g/mol. The molecule has 0 aliphatic heterocycles. The van der Waals surface area contributed by atoms with Crippen LogP contribution in [0.5, 0.6) is 0 Å². The largest absolute Gasteiger partial charge is 0.380 e. The highest BCUT2D eigenvalue weighted by Crippen LogP contribution is 2.34. The third kappa shape index (κ3) is 1.10. The van der Waals surface area contributed by atoms with Crippen LogP contribution in [0.3, 0.4) is 0 Å². The van der Waals surface area contributed by atoms with E-state index in [0.29, 0.717) is 22.5 Å². The van der Waals surface area contributed by atoms with Crippen molar-refractivity contribution in [2.75, 3.05) is 0 Å². The molecular formula is C12H8N2O2. The molecule has 0 radical (unpaired) electrons. The third-order valence-electron chi connectivity index (χ3n) is 2.68. The molecule has 0 fully saturated rings. The van der Waals surface area contributed by atoms with E-state index in [0.717, 1.165) is 0 Å². The summed E-state index contributed by atoms with van der Waals surface area (Å²) in [6, 6.07) is 6.73. The van der Waals surface area contributed by atoms with Crippen LogP contribution in [0.1, 0.15) is 22.0 Å². The summed E-state index contributed by atoms with van der Waals surface area (Å²) in [5.41, 5.74) is 2.10. The first-order valence-electron chi connectivity index (χ1n) is 4.91. The molecule has 2 aromatic heterocycles. The van der Waals surface area contributed by atoms with Crippen LogP contribution in [0.25, 0.3) is 11.4 Å². The van der Waals surface area contributed by atoms with Crippen LogP contribution in [-0.4, -0.2) is 20.9 Å². The molecule has 0 bridgehead atoms. The maximum Gasteiger partial charge on any atom is 0.198 e. The van der Waals surface area contributed by atoms with Gasteiger partial charge in [-0.1, -0.05) is 6.07 Å². The van der Waals surface area contributed by atoms with E-state index >= 15 is 0 Å². The second-order valence-corrected chi connectivity index (χ2v) is 3.61. The van der Waals surface area contributed by atoms with Crippen molar-refractivity contribution in [3.63, 3.8) is 0 Å². The van der Waals surface area contributed by atoms with Gasteiger partial charge in [0.05, 0.1) is 11.4 Å². The number of fused-ring (bicyclic) bond motifs is 3. The van der Waals surface area contributed by atoms with Gasteiger partial charge in [0.15, 0.2) is 5.78 Å². The number of hydrogen-bond acceptors (Lipinski definition) is 4. The minimum Gasteiger partial charge on any atom is -0.380 e. The van der Waals surface area contributed by atoms with Crippen molar-refractivity contribution in [2.45, 2.75) is 6.10 Å². The van der Waals surface area contributed by atoms with Crippen molar-refractivity contribution < 1.29 is 9.90 Å². The van der Waals surface area contributed by atoms with E-state index in [4.69, 9.17) is 0 Å². The zero-order valence-electron chi connectivity index (χ0n) is 8.29. The number of ketones is 1. The summed E-state index contributed by atoms with van der Waals surface area (Å²) in [6.07, 6.45) is 2.11. The minimum atomic E-state index is -1.12. The van der Waals surface area contributed by atoms with Crippen molar-refractivity contribution in [1.82, 2.24) is 9.97 Å². The molecule has 1 unspecified atom stereocenters. The zero-order chi connectivity index (χ0) is 11.1. The Labute approximate surface area is 91.6 Å². The molecule has 4 nitrogen and oxygen atoms in total. The minimum absolute atomic E-state index is 0.316. The summed E-state index contributed by atoms with van der Waals surface area (Å²) in [5.74, 6) is -0.316. The Bertz CT molecular complexity index is 581. The summed E-state index contributed by atoms with van der Waals surface area (Å²) < 4.78 is 0. The van der Waals surface area contributed by atoms with Gasteiger partial charge in [0, 0.05) is 23.5 Å². The lowest BCUT2D eigenvalue weighted by Gasteiger charge is -2.20. The molecule has 1 N–H and O–H groups in total. The van der Waals surface area contributed by atoms with Crippen LogP contribution >= 0.6 is 0 Å². The molecule has 0 saturated heterocycles. The lowest BCUT2D eigenvalue weighted by atomic mass is 9.89. The summed E-state index contributed by atoms with van der Waals surface area (Å²) in [4.78, 5) is 20.2. The molecule has 3 rings (SSSR count). The molecule has 78 valence electrons. The maximum atomic E-state index is 11.9. The summed E-state index contributed by atoms with van der Waals surface area (Å²) in [6.45, 7) is 0. The van der Waals surface area contributed by atoms with Crippen molar-refractivity contribution in [3.8, 4) is 11.4 Å². The number of nitrogens with zero attached hydrogens (tertiary/aromatic N) is 2. The quantitative estimate of drug-likeness (QED) is 0.716. The van der Waals surface area contributed by atoms with Gasteiger partial charge in [-0.25, -0.2) is 0 Å². The molecule has 16 heavy (non-hydrogen) atoms. The Morgan fingerprint density at radius 2 is 1.75 bits per heavy atom. The average Bonchev–Trinajstić information content (AvgIpc) is 2.36. The van der Waals surface area contributed by atoms with Gasteiger partial charge in [0.1, 0.15) is 6.10 Å². The highest BCUT2D eigenvalue weighted by molar-refractivity contribution is 6.07. The molecule has 1 atom stereocenters. The van der Waals surface area contributed by atoms with Gasteiger partial charge in [0.2, 0.25) is 0 Å². The molecular weight excluding hydrogens is 204 g/mol. The number of carbonyl (C=O) groups is 1. The predicted octanol–water partition coefficient (Wildman–Crippen LogP) is 1.37. The average molecular weight is 212 g/mol. The van der Waals surface area contributed by atoms with Crippen LogP contribution in [0, 0.1) is 0 Å². The number of carbonyl (C=O) groups excluding carboxylic acids is 1. The topological polar surface area (TPSA) is 63.1 Å². The number of hydrogen-bond donors (Lipinski definition) is 1. The smallest absolute Gasteiger partial charge is 0.198 e. The number of aliphatic hydroxyl groups excluding tert-OH is 1. The van der Waals surface area contributed by atoms with Gasteiger partial charge in [-0.3, -0.25) is 14.8 Å². The lowest BCUT2D eigenvalue weighted by molar-refractivity contribution is 0.0742. The third-order valence-corrected chi connectivity index (χ3v) is 2.68. The van der Waals surface area contributed by atoms with Crippen LogP contribution in [0.2, 0.25) is 0 Å². The molecule has 0 aromatic carbocycles. The van der Waals surface area contributed by atoms with Crippen LogP contribution < -0.4 is 0 Å². The summed E-state index contributed by atoms with van der Waals surface area (Å²) >= 11 is 0. The van der Waals surface area contributed by atoms with E-state index in [1.54, 1.807) is 36.7 Å². The Hall–Kier alpha value is -2.07. The first-order chi connectivity index (χ1) is 7.79. The number of rotatable bonds is 0. The van der Waals surface area contributed by atoms with Crippen molar-refractivity contribution in [3.05, 3.63) is 47.8 Å². The van der Waals surface area contributed by atoms with Gasteiger partial charge < -0.3 is 5.11 Å². The number of aliphatic hydroxyl groups is 1.